The minimum atomic E-state index is -0.394. The molecule has 0 spiro atoms. The van der Waals surface area contributed by atoms with Gasteiger partial charge in [0, 0.05) is 16.6 Å². The van der Waals surface area contributed by atoms with Crippen LogP contribution in [0.15, 0.2) is 57.7 Å². The number of nitriles is 1. The summed E-state index contributed by atoms with van der Waals surface area (Å²) < 4.78 is 7.41. The highest BCUT2D eigenvalue weighted by molar-refractivity contribution is 6.04. The lowest BCUT2D eigenvalue weighted by Crippen LogP contribution is -2.22. The van der Waals surface area contributed by atoms with E-state index >= 15 is 0 Å². The number of pyridine rings is 1. The Morgan fingerprint density at radius 2 is 1.88 bits per heavy atom. The van der Waals surface area contributed by atoms with Crippen molar-refractivity contribution < 1.29 is 4.42 Å². The standard InChI is InChI=1S/C20H11N3O2/c1-12-16(11-21)20(24)23(14-9-7-13(22-2)8-10-14)18-15-5-3-4-6-17(15)25-19(12)18/h3-10H,1H3. The minimum absolute atomic E-state index is 0.0563. The summed E-state index contributed by atoms with van der Waals surface area (Å²) in [4.78, 5) is 16.3. The Hall–Kier alpha value is -3.83. The number of nitrogens with zero attached hydrogens (tertiary/aromatic N) is 3. The molecule has 0 aliphatic carbocycles. The fourth-order valence-corrected chi connectivity index (χ4v) is 3.05. The van der Waals surface area contributed by atoms with Gasteiger partial charge >= 0.3 is 0 Å². The lowest BCUT2D eigenvalue weighted by Gasteiger charge is -2.10. The van der Waals surface area contributed by atoms with E-state index in [1.165, 1.54) is 4.57 Å². The summed E-state index contributed by atoms with van der Waals surface area (Å²) in [5.41, 5.74) is 3.08. The van der Waals surface area contributed by atoms with Crippen molar-refractivity contribution in [3.63, 3.8) is 0 Å². The van der Waals surface area contributed by atoms with E-state index in [4.69, 9.17) is 11.0 Å². The molecule has 0 unspecified atom stereocenters. The van der Waals surface area contributed by atoms with E-state index in [0.29, 0.717) is 33.6 Å². The fourth-order valence-electron chi connectivity index (χ4n) is 3.05. The van der Waals surface area contributed by atoms with Crippen LogP contribution >= 0.6 is 0 Å². The third kappa shape index (κ3) is 2.04. The third-order valence-corrected chi connectivity index (χ3v) is 4.27. The molecule has 5 heteroatoms. The highest BCUT2D eigenvalue weighted by atomic mass is 16.3. The van der Waals surface area contributed by atoms with Crippen molar-refractivity contribution in [3.05, 3.63) is 81.4 Å². The summed E-state index contributed by atoms with van der Waals surface area (Å²) in [6, 6.07) is 16.1. The molecular formula is C20H11N3O2. The van der Waals surface area contributed by atoms with Crippen LogP contribution < -0.4 is 5.56 Å². The van der Waals surface area contributed by atoms with Gasteiger partial charge in [-0.1, -0.05) is 24.3 Å². The van der Waals surface area contributed by atoms with Crippen molar-refractivity contribution in [1.82, 2.24) is 4.57 Å². The lowest BCUT2D eigenvalue weighted by molar-refractivity contribution is 0.663. The van der Waals surface area contributed by atoms with E-state index in [9.17, 15) is 10.1 Å². The number of para-hydroxylation sites is 1. The van der Waals surface area contributed by atoms with Crippen molar-refractivity contribution >= 4 is 27.8 Å². The monoisotopic (exact) mass is 325 g/mol. The quantitative estimate of drug-likeness (QED) is 0.485. The third-order valence-electron chi connectivity index (χ3n) is 4.27. The number of rotatable bonds is 1. The van der Waals surface area contributed by atoms with Crippen LogP contribution in [0.4, 0.5) is 5.69 Å². The van der Waals surface area contributed by atoms with Gasteiger partial charge < -0.3 is 4.42 Å². The van der Waals surface area contributed by atoms with Crippen LogP contribution in [-0.2, 0) is 0 Å². The van der Waals surface area contributed by atoms with Crippen LogP contribution in [0.1, 0.15) is 11.1 Å². The van der Waals surface area contributed by atoms with E-state index in [-0.39, 0.29) is 5.56 Å². The van der Waals surface area contributed by atoms with Crippen LogP contribution in [0.25, 0.3) is 32.6 Å². The molecule has 0 N–H and O–H groups in total. The Kier molecular flexibility index (Phi) is 3.16. The molecule has 2 heterocycles. The summed E-state index contributed by atoms with van der Waals surface area (Å²) in [6.07, 6.45) is 0. The number of aromatic nitrogens is 1. The van der Waals surface area contributed by atoms with Crippen molar-refractivity contribution in [2.75, 3.05) is 0 Å². The molecule has 0 aliphatic rings. The smallest absolute Gasteiger partial charge is 0.274 e. The van der Waals surface area contributed by atoms with Gasteiger partial charge in [0.15, 0.2) is 11.3 Å². The van der Waals surface area contributed by atoms with E-state index in [1.807, 2.05) is 30.3 Å². The van der Waals surface area contributed by atoms with Crippen LogP contribution in [0.2, 0.25) is 0 Å². The Balaban J connectivity index is 2.24. The van der Waals surface area contributed by atoms with E-state index < -0.39 is 5.56 Å². The highest BCUT2D eigenvalue weighted by Crippen LogP contribution is 2.32. The molecule has 0 fully saturated rings. The number of aryl methyl sites for hydroxylation is 1. The van der Waals surface area contributed by atoms with Gasteiger partial charge in [0.25, 0.3) is 5.56 Å². The number of furan rings is 1. The zero-order valence-corrected chi connectivity index (χ0v) is 13.3. The summed E-state index contributed by atoms with van der Waals surface area (Å²) in [5, 5.41) is 10.2. The lowest BCUT2D eigenvalue weighted by atomic mass is 10.1. The first-order valence-corrected chi connectivity index (χ1v) is 7.60. The predicted octanol–water partition coefficient (Wildman–Crippen LogP) is 4.47. The van der Waals surface area contributed by atoms with E-state index in [0.717, 1.165) is 5.39 Å². The maximum Gasteiger partial charge on any atom is 0.274 e. The molecule has 118 valence electrons. The minimum Gasteiger partial charge on any atom is -0.454 e. The maximum absolute atomic E-state index is 13.0. The molecule has 4 aromatic rings. The van der Waals surface area contributed by atoms with Crippen molar-refractivity contribution in [2.45, 2.75) is 6.92 Å². The average Bonchev–Trinajstić information content (AvgIpc) is 3.03. The van der Waals surface area contributed by atoms with Crippen molar-refractivity contribution in [3.8, 4) is 11.8 Å². The van der Waals surface area contributed by atoms with E-state index in [1.54, 1.807) is 31.2 Å². The first kappa shape index (κ1) is 14.7. The Morgan fingerprint density at radius 3 is 2.56 bits per heavy atom. The molecule has 5 nitrogen and oxygen atoms in total. The molecule has 0 saturated heterocycles. The van der Waals surface area contributed by atoms with Crippen molar-refractivity contribution in [2.24, 2.45) is 0 Å². The second-order valence-corrected chi connectivity index (χ2v) is 5.66. The first-order chi connectivity index (χ1) is 12.2. The molecule has 0 aliphatic heterocycles. The number of fused-ring (bicyclic) bond motifs is 3. The second kappa shape index (κ2) is 5.36. The Bertz CT molecular complexity index is 1280. The van der Waals surface area contributed by atoms with Crippen LogP contribution in [-0.4, -0.2) is 4.57 Å². The van der Waals surface area contributed by atoms with Gasteiger partial charge in [-0.05, 0) is 31.2 Å². The van der Waals surface area contributed by atoms with Gasteiger partial charge in [0.05, 0.1) is 6.57 Å². The molecule has 2 aromatic carbocycles. The molecule has 25 heavy (non-hydrogen) atoms. The maximum atomic E-state index is 13.0. The molecular weight excluding hydrogens is 314 g/mol. The largest absolute Gasteiger partial charge is 0.454 e. The molecule has 0 atom stereocenters. The molecule has 0 amide bonds. The van der Waals surface area contributed by atoms with Crippen LogP contribution in [0, 0.1) is 24.8 Å². The van der Waals surface area contributed by atoms with Crippen LogP contribution in [0.5, 0.6) is 0 Å². The van der Waals surface area contributed by atoms with Crippen molar-refractivity contribution in [1.29, 1.82) is 5.26 Å². The fraction of sp³-hybridized carbons (Fsp3) is 0.0500. The summed E-state index contributed by atoms with van der Waals surface area (Å²) in [6.45, 7) is 8.79. The zero-order chi connectivity index (χ0) is 17.6. The van der Waals surface area contributed by atoms with Gasteiger partial charge in [-0.15, -0.1) is 0 Å². The summed E-state index contributed by atoms with van der Waals surface area (Å²) >= 11 is 0. The number of benzene rings is 2. The predicted molar refractivity (Wildman–Crippen MR) is 95.0 cm³/mol. The number of hydrogen-bond acceptors (Lipinski definition) is 3. The normalized spacial score (nSPS) is 10.7. The zero-order valence-electron chi connectivity index (χ0n) is 13.3. The van der Waals surface area contributed by atoms with Gasteiger partial charge in [0.2, 0.25) is 0 Å². The number of hydrogen-bond donors (Lipinski definition) is 0. The van der Waals surface area contributed by atoms with Gasteiger partial charge in [-0.2, -0.15) is 5.26 Å². The topological polar surface area (TPSA) is 63.3 Å². The van der Waals surface area contributed by atoms with Gasteiger partial charge in [-0.3, -0.25) is 9.36 Å². The van der Waals surface area contributed by atoms with Gasteiger partial charge in [-0.25, -0.2) is 4.85 Å². The second-order valence-electron chi connectivity index (χ2n) is 5.66. The summed E-state index contributed by atoms with van der Waals surface area (Å²) in [7, 11) is 0. The Labute approximate surface area is 142 Å². The first-order valence-electron chi connectivity index (χ1n) is 7.60. The molecule has 0 radical (unpaired) electrons. The molecule has 0 bridgehead atoms. The van der Waals surface area contributed by atoms with Gasteiger partial charge in [0.1, 0.15) is 22.7 Å². The summed E-state index contributed by atoms with van der Waals surface area (Å²) in [5.74, 6) is 0. The SMILES string of the molecule is [C-]#[N+]c1ccc(-n2c(=O)c(C#N)c(C)c3oc4ccccc4c32)cc1. The molecule has 4 rings (SSSR count). The highest BCUT2D eigenvalue weighted by Gasteiger charge is 2.20. The van der Waals surface area contributed by atoms with E-state index in [2.05, 4.69) is 4.85 Å². The molecule has 0 saturated carbocycles. The average molecular weight is 325 g/mol. The molecule has 2 aromatic heterocycles. The van der Waals surface area contributed by atoms with Crippen LogP contribution in [0.3, 0.4) is 0 Å². The Morgan fingerprint density at radius 1 is 1.16 bits per heavy atom.